The van der Waals surface area contributed by atoms with Crippen LogP contribution in [0.15, 0.2) is 41.0 Å². The van der Waals surface area contributed by atoms with E-state index in [1.54, 1.807) is 6.20 Å². The van der Waals surface area contributed by atoms with E-state index in [4.69, 9.17) is 5.73 Å². The standard InChI is InChI=1S/C14H16BrN3/c1-9-7-8-17-14(13(9)16)18-10(2)11-3-5-12(15)6-4-11/h3-8,10H,16H2,1-2H3,(H,17,18). The first-order valence-electron chi connectivity index (χ1n) is 5.81. The molecule has 0 amide bonds. The van der Waals surface area contributed by atoms with Gasteiger partial charge in [0.1, 0.15) is 5.82 Å². The van der Waals surface area contributed by atoms with Crippen LogP contribution in [0.1, 0.15) is 24.1 Å². The molecule has 94 valence electrons. The molecule has 0 fully saturated rings. The highest BCUT2D eigenvalue weighted by atomic mass is 79.9. The Balaban J connectivity index is 2.18. The molecule has 3 nitrogen and oxygen atoms in total. The molecular formula is C14H16BrN3. The van der Waals surface area contributed by atoms with E-state index in [-0.39, 0.29) is 6.04 Å². The molecule has 4 heteroatoms. The van der Waals surface area contributed by atoms with Crippen LogP contribution in [0.25, 0.3) is 0 Å². The van der Waals surface area contributed by atoms with Crippen molar-refractivity contribution in [3.63, 3.8) is 0 Å². The number of nitrogens with two attached hydrogens (primary N) is 1. The van der Waals surface area contributed by atoms with E-state index in [2.05, 4.69) is 45.3 Å². The monoisotopic (exact) mass is 305 g/mol. The Labute approximate surface area is 116 Å². The predicted octanol–water partition coefficient (Wildman–Crippen LogP) is 3.91. The number of pyridine rings is 1. The third kappa shape index (κ3) is 2.82. The molecule has 0 bridgehead atoms. The summed E-state index contributed by atoms with van der Waals surface area (Å²) in [5.74, 6) is 0.741. The summed E-state index contributed by atoms with van der Waals surface area (Å²) >= 11 is 3.43. The highest BCUT2D eigenvalue weighted by molar-refractivity contribution is 9.10. The van der Waals surface area contributed by atoms with Gasteiger partial charge in [-0.3, -0.25) is 0 Å². The summed E-state index contributed by atoms with van der Waals surface area (Å²) in [5, 5.41) is 3.34. The van der Waals surface area contributed by atoms with Gasteiger partial charge < -0.3 is 11.1 Å². The number of rotatable bonds is 3. The fourth-order valence-corrected chi connectivity index (χ4v) is 1.99. The Kier molecular flexibility index (Phi) is 3.87. The van der Waals surface area contributed by atoms with Gasteiger partial charge >= 0.3 is 0 Å². The minimum atomic E-state index is 0.162. The quantitative estimate of drug-likeness (QED) is 0.904. The van der Waals surface area contributed by atoms with Crippen LogP contribution in [0.3, 0.4) is 0 Å². The molecule has 3 N–H and O–H groups in total. The van der Waals surface area contributed by atoms with Crippen molar-refractivity contribution < 1.29 is 0 Å². The van der Waals surface area contributed by atoms with Crippen molar-refractivity contribution in [1.82, 2.24) is 4.98 Å². The fraction of sp³-hybridized carbons (Fsp3) is 0.214. The first-order chi connectivity index (χ1) is 8.58. The number of nitrogen functional groups attached to an aromatic ring is 1. The Morgan fingerprint density at radius 1 is 1.22 bits per heavy atom. The largest absolute Gasteiger partial charge is 0.396 e. The summed E-state index contributed by atoms with van der Waals surface area (Å²) in [6.07, 6.45) is 1.77. The number of anilines is 2. The van der Waals surface area contributed by atoms with E-state index in [0.29, 0.717) is 5.69 Å². The maximum absolute atomic E-state index is 6.00. The second-order valence-electron chi connectivity index (χ2n) is 4.31. The minimum Gasteiger partial charge on any atom is -0.396 e. The Morgan fingerprint density at radius 3 is 2.56 bits per heavy atom. The topological polar surface area (TPSA) is 50.9 Å². The molecule has 1 heterocycles. The zero-order valence-corrected chi connectivity index (χ0v) is 12.0. The van der Waals surface area contributed by atoms with Crippen LogP contribution in [0.2, 0.25) is 0 Å². The lowest BCUT2D eigenvalue weighted by atomic mass is 10.1. The van der Waals surface area contributed by atoms with Crippen LogP contribution >= 0.6 is 15.9 Å². The molecule has 1 aromatic heterocycles. The molecule has 2 aromatic rings. The van der Waals surface area contributed by atoms with Crippen molar-refractivity contribution in [1.29, 1.82) is 0 Å². The number of nitrogens with one attached hydrogen (secondary N) is 1. The van der Waals surface area contributed by atoms with Crippen LogP contribution in [-0.2, 0) is 0 Å². The number of benzene rings is 1. The SMILES string of the molecule is Cc1ccnc(NC(C)c2ccc(Br)cc2)c1N. The molecule has 0 spiro atoms. The van der Waals surface area contributed by atoms with Gasteiger partial charge in [-0.05, 0) is 43.2 Å². The summed E-state index contributed by atoms with van der Waals surface area (Å²) in [6, 6.07) is 10.3. The van der Waals surface area contributed by atoms with Gasteiger partial charge in [0.25, 0.3) is 0 Å². The Hall–Kier alpha value is -1.55. The highest BCUT2D eigenvalue weighted by Crippen LogP contribution is 2.24. The molecule has 0 aliphatic heterocycles. The lowest BCUT2D eigenvalue weighted by Gasteiger charge is -2.17. The van der Waals surface area contributed by atoms with Gasteiger partial charge in [0, 0.05) is 10.7 Å². The minimum absolute atomic E-state index is 0.162. The summed E-state index contributed by atoms with van der Waals surface area (Å²) in [6.45, 7) is 4.07. The number of nitrogens with zero attached hydrogens (tertiary/aromatic N) is 1. The second-order valence-corrected chi connectivity index (χ2v) is 5.22. The molecular weight excluding hydrogens is 290 g/mol. The first-order valence-corrected chi connectivity index (χ1v) is 6.60. The lowest BCUT2D eigenvalue weighted by Crippen LogP contribution is -2.10. The first kappa shape index (κ1) is 12.9. The number of halogens is 1. The molecule has 0 saturated heterocycles. The van der Waals surface area contributed by atoms with Crippen molar-refractivity contribution in [2.24, 2.45) is 0 Å². The number of aryl methyl sites for hydroxylation is 1. The summed E-state index contributed by atoms with van der Waals surface area (Å²) in [4.78, 5) is 4.28. The van der Waals surface area contributed by atoms with Gasteiger partial charge in [-0.2, -0.15) is 0 Å². The maximum atomic E-state index is 6.00. The predicted molar refractivity (Wildman–Crippen MR) is 79.6 cm³/mol. The third-order valence-corrected chi connectivity index (χ3v) is 3.46. The maximum Gasteiger partial charge on any atom is 0.149 e. The van der Waals surface area contributed by atoms with E-state index in [1.807, 2.05) is 25.1 Å². The lowest BCUT2D eigenvalue weighted by molar-refractivity contribution is 0.874. The molecule has 0 radical (unpaired) electrons. The van der Waals surface area contributed by atoms with Gasteiger partial charge in [-0.25, -0.2) is 4.98 Å². The fourth-order valence-electron chi connectivity index (χ4n) is 1.72. The van der Waals surface area contributed by atoms with Gasteiger partial charge in [0.15, 0.2) is 0 Å². The molecule has 2 rings (SSSR count). The highest BCUT2D eigenvalue weighted by Gasteiger charge is 2.09. The van der Waals surface area contributed by atoms with Crippen LogP contribution < -0.4 is 11.1 Å². The Morgan fingerprint density at radius 2 is 1.89 bits per heavy atom. The number of hydrogen-bond donors (Lipinski definition) is 2. The zero-order chi connectivity index (χ0) is 13.1. The van der Waals surface area contributed by atoms with Crippen molar-refractivity contribution in [3.05, 3.63) is 52.1 Å². The smallest absolute Gasteiger partial charge is 0.149 e. The zero-order valence-electron chi connectivity index (χ0n) is 10.4. The summed E-state index contributed by atoms with van der Waals surface area (Å²) in [5.41, 5.74) is 8.94. The molecule has 0 aliphatic carbocycles. The average Bonchev–Trinajstić information content (AvgIpc) is 2.36. The van der Waals surface area contributed by atoms with E-state index in [9.17, 15) is 0 Å². The van der Waals surface area contributed by atoms with Crippen molar-refractivity contribution in [2.45, 2.75) is 19.9 Å². The second kappa shape index (κ2) is 5.40. The van der Waals surface area contributed by atoms with Crippen LogP contribution in [-0.4, -0.2) is 4.98 Å². The van der Waals surface area contributed by atoms with Crippen LogP contribution in [0, 0.1) is 6.92 Å². The van der Waals surface area contributed by atoms with Crippen molar-refractivity contribution in [3.8, 4) is 0 Å². The average molecular weight is 306 g/mol. The summed E-state index contributed by atoms with van der Waals surface area (Å²) < 4.78 is 1.08. The molecule has 1 atom stereocenters. The van der Waals surface area contributed by atoms with Crippen LogP contribution in [0.4, 0.5) is 11.5 Å². The normalized spacial score (nSPS) is 12.2. The van der Waals surface area contributed by atoms with Crippen molar-refractivity contribution >= 4 is 27.4 Å². The summed E-state index contributed by atoms with van der Waals surface area (Å²) in [7, 11) is 0. The van der Waals surface area contributed by atoms with Gasteiger partial charge in [0.2, 0.25) is 0 Å². The van der Waals surface area contributed by atoms with Gasteiger partial charge in [0.05, 0.1) is 11.7 Å². The van der Waals surface area contributed by atoms with E-state index in [0.717, 1.165) is 15.9 Å². The van der Waals surface area contributed by atoms with E-state index >= 15 is 0 Å². The molecule has 18 heavy (non-hydrogen) atoms. The number of hydrogen-bond acceptors (Lipinski definition) is 3. The van der Waals surface area contributed by atoms with Gasteiger partial charge in [-0.15, -0.1) is 0 Å². The molecule has 1 aromatic carbocycles. The molecule has 0 saturated carbocycles. The molecule has 1 unspecified atom stereocenters. The number of aromatic nitrogens is 1. The molecule has 0 aliphatic rings. The van der Waals surface area contributed by atoms with Crippen LogP contribution in [0.5, 0.6) is 0 Å². The Bertz CT molecular complexity index is 537. The van der Waals surface area contributed by atoms with E-state index in [1.165, 1.54) is 5.56 Å². The van der Waals surface area contributed by atoms with Gasteiger partial charge in [-0.1, -0.05) is 28.1 Å². The third-order valence-electron chi connectivity index (χ3n) is 2.93. The van der Waals surface area contributed by atoms with E-state index < -0.39 is 0 Å². The van der Waals surface area contributed by atoms with Crippen molar-refractivity contribution in [2.75, 3.05) is 11.1 Å².